The molecule has 6 nitrogen and oxygen atoms in total. The number of carbonyl (C=O) groups excluding carboxylic acids is 2. The molecule has 0 fully saturated rings. The average Bonchev–Trinajstić information content (AvgIpc) is 2.92. The number of furan rings is 1. The van der Waals surface area contributed by atoms with Crippen LogP contribution >= 0.6 is 0 Å². The first-order chi connectivity index (χ1) is 10.2. The van der Waals surface area contributed by atoms with Gasteiger partial charge in [0.05, 0.1) is 12.8 Å². The van der Waals surface area contributed by atoms with Crippen LogP contribution in [0.1, 0.15) is 46.8 Å². The molecule has 0 aliphatic rings. The lowest BCUT2D eigenvalue weighted by Crippen LogP contribution is -2.51. The lowest BCUT2D eigenvalue weighted by atomic mass is 9.98. The minimum atomic E-state index is -0.644. The number of ether oxygens (including phenoxy) is 1. The number of hydrogen-bond acceptors (Lipinski definition) is 4. The van der Waals surface area contributed by atoms with Gasteiger partial charge in [0.15, 0.2) is 0 Å². The van der Waals surface area contributed by atoms with Gasteiger partial charge in [-0.15, -0.1) is 0 Å². The van der Waals surface area contributed by atoms with E-state index in [1.807, 2.05) is 13.8 Å². The highest BCUT2D eigenvalue weighted by Gasteiger charge is 2.28. The number of carbonyl (C=O) groups is 2. The van der Waals surface area contributed by atoms with Gasteiger partial charge in [-0.1, -0.05) is 20.3 Å². The van der Waals surface area contributed by atoms with Crippen molar-refractivity contribution >= 4 is 12.0 Å². The molecule has 0 aliphatic heterocycles. The molecule has 1 rings (SSSR count). The van der Waals surface area contributed by atoms with Crippen molar-refractivity contribution in [2.75, 3.05) is 0 Å². The number of nitrogens with one attached hydrogen (secondary N) is 2. The summed E-state index contributed by atoms with van der Waals surface area (Å²) in [5, 5.41) is 5.42. The predicted molar refractivity (Wildman–Crippen MR) is 83.2 cm³/mol. The predicted octanol–water partition coefficient (Wildman–Crippen LogP) is 2.84. The molecule has 0 aliphatic carbocycles. The molecule has 1 aromatic rings. The second kappa shape index (κ2) is 7.87. The molecule has 22 heavy (non-hydrogen) atoms. The molecule has 0 saturated carbocycles. The quantitative estimate of drug-likeness (QED) is 0.846. The molecule has 124 valence electrons. The normalized spacial score (nSPS) is 14.0. The van der Waals surface area contributed by atoms with Gasteiger partial charge >= 0.3 is 6.09 Å². The Kier molecular flexibility index (Phi) is 6.46. The maximum atomic E-state index is 12.3. The molecule has 0 aromatic carbocycles. The number of alkyl carbamates (subject to hydrolysis) is 1. The molecular weight excluding hydrogens is 284 g/mol. The van der Waals surface area contributed by atoms with Gasteiger partial charge in [-0.25, -0.2) is 4.79 Å². The zero-order valence-electron chi connectivity index (χ0n) is 13.9. The lowest BCUT2D eigenvalue weighted by molar-refractivity contribution is -0.124. The number of rotatable bonds is 6. The van der Waals surface area contributed by atoms with Gasteiger partial charge < -0.3 is 19.8 Å². The Hall–Kier alpha value is -1.98. The summed E-state index contributed by atoms with van der Waals surface area (Å²) in [5.74, 6) is 0.397. The fourth-order valence-electron chi connectivity index (χ4n) is 1.83. The third kappa shape index (κ3) is 6.20. The van der Waals surface area contributed by atoms with Crippen molar-refractivity contribution in [3.63, 3.8) is 0 Å². The lowest BCUT2D eigenvalue weighted by Gasteiger charge is -2.26. The Morgan fingerprint density at radius 1 is 1.36 bits per heavy atom. The van der Waals surface area contributed by atoms with Gasteiger partial charge in [0.1, 0.15) is 17.4 Å². The summed E-state index contributed by atoms with van der Waals surface area (Å²) in [7, 11) is 0. The van der Waals surface area contributed by atoms with Crippen molar-refractivity contribution in [2.45, 2.75) is 59.2 Å². The summed E-state index contributed by atoms with van der Waals surface area (Å²) in [6, 6.07) is 2.89. The SMILES string of the molecule is CC[C@@H](C)[C@@H](NC(=O)OC(C)(C)C)C(=O)NCc1ccco1. The van der Waals surface area contributed by atoms with E-state index < -0.39 is 17.7 Å². The van der Waals surface area contributed by atoms with E-state index in [0.29, 0.717) is 5.76 Å². The van der Waals surface area contributed by atoms with Gasteiger partial charge in [-0.3, -0.25) is 4.79 Å². The second-order valence-corrected chi connectivity index (χ2v) is 6.31. The smallest absolute Gasteiger partial charge is 0.408 e. The molecule has 2 atom stereocenters. The first-order valence-corrected chi connectivity index (χ1v) is 7.52. The van der Waals surface area contributed by atoms with Crippen LogP contribution in [0.4, 0.5) is 4.79 Å². The third-order valence-corrected chi connectivity index (χ3v) is 3.18. The fourth-order valence-corrected chi connectivity index (χ4v) is 1.83. The highest BCUT2D eigenvalue weighted by molar-refractivity contribution is 5.85. The Balaban J connectivity index is 2.62. The Labute approximate surface area is 131 Å². The monoisotopic (exact) mass is 310 g/mol. The third-order valence-electron chi connectivity index (χ3n) is 3.18. The zero-order valence-corrected chi connectivity index (χ0v) is 13.9. The summed E-state index contributed by atoms with van der Waals surface area (Å²) in [5.41, 5.74) is -0.602. The maximum Gasteiger partial charge on any atom is 0.408 e. The first-order valence-electron chi connectivity index (χ1n) is 7.52. The maximum absolute atomic E-state index is 12.3. The van der Waals surface area contributed by atoms with Crippen LogP contribution in [0, 0.1) is 5.92 Å². The molecule has 1 aromatic heterocycles. The van der Waals surface area contributed by atoms with Crippen LogP contribution < -0.4 is 10.6 Å². The Bertz CT molecular complexity index is 477. The fraction of sp³-hybridized carbons (Fsp3) is 0.625. The summed E-state index contributed by atoms with van der Waals surface area (Å²) < 4.78 is 10.4. The second-order valence-electron chi connectivity index (χ2n) is 6.31. The number of hydrogen-bond donors (Lipinski definition) is 2. The van der Waals surface area contributed by atoms with Crippen LogP contribution in [0.2, 0.25) is 0 Å². The van der Waals surface area contributed by atoms with E-state index in [9.17, 15) is 9.59 Å². The molecular formula is C16H26N2O4. The van der Waals surface area contributed by atoms with Gasteiger partial charge in [-0.2, -0.15) is 0 Å². The Morgan fingerprint density at radius 3 is 2.55 bits per heavy atom. The topological polar surface area (TPSA) is 80.6 Å². The summed E-state index contributed by atoms with van der Waals surface area (Å²) >= 11 is 0. The summed E-state index contributed by atoms with van der Waals surface area (Å²) in [6.45, 7) is 9.50. The van der Waals surface area contributed by atoms with Crippen molar-refractivity contribution in [1.82, 2.24) is 10.6 Å². The number of amides is 2. The van der Waals surface area contributed by atoms with E-state index in [4.69, 9.17) is 9.15 Å². The minimum Gasteiger partial charge on any atom is -0.467 e. The standard InChI is InChI=1S/C16H26N2O4/c1-6-11(2)13(18-15(20)22-16(3,4)5)14(19)17-10-12-8-7-9-21-12/h7-9,11,13H,6,10H2,1-5H3,(H,17,19)(H,18,20)/t11-,13-/m1/s1. The molecule has 2 N–H and O–H groups in total. The largest absolute Gasteiger partial charge is 0.467 e. The van der Waals surface area contributed by atoms with Crippen LogP contribution in [0.3, 0.4) is 0 Å². The van der Waals surface area contributed by atoms with E-state index in [1.54, 1.807) is 39.2 Å². The van der Waals surface area contributed by atoms with Crippen molar-refractivity contribution in [3.8, 4) is 0 Å². The molecule has 1 heterocycles. The van der Waals surface area contributed by atoms with Crippen LogP contribution in [0.5, 0.6) is 0 Å². The van der Waals surface area contributed by atoms with E-state index >= 15 is 0 Å². The highest BCUT2D eigenvalue weighted by atomic mass is 16.6. The van der Waals surface area contributed by atoms with Gasteiger partial charge in [0.25, 0.3) is 0 Å². The van der Waals surface area contributed by atoms with Gasteiger partial charge in [-0.05, 0) is 38.8 Å². The summed E-state index contributed by atoms with van der Waals surface area (Å²) in [4.78, 5) is 24.2. The molecule has 0 unspecified atom stereocenters. The molecule has 2 amide bonds. The minimum absolute atomic E-state index is 0.0101. The van der Waals surface area contributed by atoms with E-state index in [0.717, 1.165) is 6.42 Å². The van der Waals surface area contributed by atoms with Crippen molar-refractivity contribution < 1.29 is 18.7 Å². The molecule has 0 bridgehead atoms. The summed E-state index contributed by atoms with van der Waals surface area (Å²) in [6.07, 6.45) is 1.72. The van der Waals surface area contributed by atoms with Crippen molar-refractivity contribution in [2.24, 2.45) is 5.92 Å². The Morgan fingerprint density at radius 2 is 2.05 bits per heavy atom. The highest BCUT2D eigenvalue weighted by Crippen LogP contribution is 2.11. The van der Waals surface area contributed by atoms with E-state index in [2.05, 4.69) is 10.6 Å². The van der Waals surface area contributed by atoms with Gasteiger partial charge in [0, 0.05) is 0 Å². The first kappa shape index (κ1) is 18.1. The van der Waals surface area contributed by atoms with Crippen LogP contribution in [0.25, 0.3) is 0 Å². The van der Waals surface area contributed by atoms with Crippen LogP contribution in [0.15, 0.2) is 22.8 Å². The van der Waals surface area contributed by atoms with E-state index in [1.165, 1.54) is 0 Å². The molecule has 0 saturated heterocycles. The van der Waals surface area contributed by atoms with Gasteiger partial charge in [0.2, 0.25) is 5.91 Å². The van der Waals surface area contributed by atoms with Crippen molar-refractivity contribution in [1.29, 1.82) is 0 Å². The zero-order chi connectivity index (χ0) is 16.8. The molecule has 0 spiro atoms. The van der Waals surface area contributed by atoms with Crippen LogP contribution in [-0.4, -0.2) is 23.6 Å². The van der Waals surface area contributed by atoms with Crippen LogP contribution in [-0.2, 0) is 16.1 Å². The average molecular weight is 310 g/mol. The van der Waals surface area contributed by atoms with Crippen molar-refractivity contribution in [3.05, 3.63) is 24.2 Å². The van der Waals surface area contributed by atoms with E-state index in [-0.39, 0.29) is 18.4 Å². The molecule has 0 radical (unpaired) electrons. The molecule has 6 heteroatoms.